The summed E-state index contributed by atoms with van der Waals surface area (Å²) in [6.45, 7) is 41.8. The smallest absolute Gasteiger partial charge is 0.252 e. The third-order valence-corrected chi connectivity index (χ3v) is 27.1. The Morgan fingerprint density at radius 2 is 0.719 bits per heavy atom. The highest BCUT2D eigenvalue weighted by molar-refractivity contribution is 7.00. The van der Waals surface area contributed by atoms with Crippen LogP contribution in [0.4, 0.5) is 39.8 Å². The van der Waals surface area contributed by atoms with E-state index in [1.165, 1.54) is 191 Å². The molecule has 0 radical (unpaired) electrons. The molecule has 0 N–H and O–H groups in total. The lowest BCUT2D eigenvalue weighted by Gasteiger charge is -2.50. The van der Waals surface area contributed by atoms with Gasteiger partial charge in [0, 0.05) is 52.9 Å². The summed E-state index contributed by atoms with van der Waals surface area (Å²) in [5.74, 6) is 0.587. The van der Waals surface area contributed by atoms with Crippen LogP contribution < -0.4 is 31.1 Å². The van der Waals surface area contributed by atoms with Crippen LogP contribution in [-0.2, 0) is 45.3 Å². The second-order valence-electron chi connectivity index (χ2n) is 36.9. The van der Waals surface area contributed by atoms with E-state index in [0.29, 0.717) is 11.3 Å². The summed E-state index contributed by atoms with van der Waals surface area (Å²) in [4.78, 5) is 8.37. The van der Waals surface area contributed by atoms with Gasteiger partial charge in [-0.2, -0.15) is 0 Å². The summed E-state index contributed by atoms with van der Waals surface area (Å²) in [5.41, 5.74) is 39.2. The number of anilines is 7. The van der Waals surface area contributed by atoms with Crippen molar-refractivity contribution in [1.29, 1.82) is 0 Å². The minimum Gasteiger partial charge on any atom is -0.371 e. The van der Waals surface area contributed by atoms with Gasteiger partial charge in [-0.3, -0.25) is 0 Å². The molecule has 4 aliphatic heterocycles. The van der Waals surface area contributed by atoms with Crippen LogP contribution in [0.1, 0.15) is 231 Å². The number of benzene rings is 8. The van der Waals surface area contributed by atoms with Gasteiger partial charge in [0.2, 0.25) is 0 Å². The Labute approximate surface area is 577 Å². The lowest BCUT2D eigenvalue weighted by Crippen LogP contribution is -2.62. The zero-order valence-corrected chi connectivity index (χ0v) is 61.0. The van der Waals surface area contributed by atoms with Crippen molar-refractivity contribution in [2.24, 2.45) is 16.7 Å². The minimum absolute atomic E-state index is 0.0380. The van der Waals surface area contributed by atoms with E-state index >= 15 is 0 Å². The van der Waals surface area contributed by atoms with E-state index in [0.717, 1.165) is 45.2 Å². The molecule has 0 bridgehead atoms. The molecule has 0 aromatic heterocycles. The van der Waals surface area contributed by atoms with Gasteiger partial charge in [-0.15, -0.1) is 0 Å². The standard InChI is InChI=1S/C92H104BN3/c1-85(2)41-45-89(9,10)73-51-59(25-35-69(73)85)57-21-31-65(32-22-57)95-79-39-29-63(61-27-37-71-75(53-61)91(13,14)47-43-87(71,5)6)55-77(79)93-78-56-64(62-28-38-72-76(54-62)92(15,16)48-44-88(72,7)8)30-40-80(78)96(84-68-20-18-50-94-49-17-19-67(82(68)94)83(95)81(84)93)66-33-23-58(24-34-66)60-26-36-70-74(52-60)90(11,12)46-42-86(70,3)4/h21-35,37-40,51-56,70H,17-20,36,41-50H2,1-16H3. The largest absolute Gasteiger partial charge is 0.371 e. The number of hydrogen-bond donors (Lipinski definition) is 0. The molecule has 96 heavy (non-hydrogen) atoms. The van der Waals surface area contributed by atoms with Crippen LogP contribution in [0.25, 0.3) is 39.0 Å². The van der Waals surface area contributed by atoms with E-state index in [-0.39, 0.29) is 44.6 Å². The minimum atomic E-state index is -0.0380. The first-order valence-electron chi connectivity index (χ1n) is 37.4. The first-order chi connectivity index (χ1) is 45.5. The summed E-state index contributed by atoms with van der Waals surface area (Å²) < 4.78 is 0. The zero-order valence-electron chi connectivity index (χ0n) is 61.0. The van der Waals surface area contributed by atoms with Gasteiger partial charge in [-0.25, -0.2) is 0 Å². The van der Waals surface area contributed by atoms with Crippen molar-refractivity contribution in [2.75, 3.05) is 27.8 Å². The summed E-state index contributed by atoms with van der Waals surface area (Å²) in [6, 6.07) is 57.7. The third kappa shape index (κ3) is 9.52. The topological polar surface area (TPSA) is 9.72 Å². The number of nitrogens with zero attached hydrogens (tertiary/aromatic N) is 3. The summed E-state index contributed by atoms with van der Waals surface area (Å²) in [7, 11) is 0. The molecule has 490 valence electrons. The van der Waals surface area contributed by atoms with Crippen LogP contribution in [0.5, 0.6) is 0 Å². The van der Waals surface area contributed by atoms with Crippen molar-refractivity contribution in [3.8, 4) is 33.4 Å². The molecule has 4 heteroatoms. The maximum absolute atomic E-state index is 2.81. The molecule has 1 fully saturated rings. The number of allylic oxidation sites excluding steroid dienone is 4. The lowest BCUT2D eigenvalue weighted by molar-refractivity contribution is 0.124. The Kier molecular flexibility index (Phi) is 13.7. The highest BCUT2D eigenvalue weighted by Crippen LogP contribution is 2.59. The Hall–Kier alpha value is -7.30. The van der Waals surface area contributed by atoms with Crippen molar-refractivity contribution in [3.63, 3.8) is 0 Å². The van der Waals surface area contributed by atoms with Gasteiger partial charge in [-0.05, 0) is 275 Å². The molecule has 8 aromatic rings. The number of fused-ring (bicyclic) bond motifs is 10. The van der Waals surface area contributed by atoms with Crippen molar-refractivity contribution >= 4 is 68.5 Å². The van der Waals surface area contributed by atoms with Crippen LogP contribution >= 0.6 is 0 Å². The quantitative estimate of drug-likeness (QED) is 0.154. The number of rotatable bonds is 6. The predicted molar refractivity (Wildman–Crippen MR) is 412 cm³/mol. The SMILES string of the molecule is CC1(C)CCC(C)(C)C2CC=C(c3ccc(N4c5ccc(-c6ccc7c(c6)C(C)(C)CCC7(C)C)cc5B5c6cc(-c7ccc8c(c7)C(C)(C)CCC8(C)C)ccc6N(c6ccc(-c7ccc8c(c7)C(C)(C)CCC8(C)C)cc6)c6c7c8c(c4c65)CCCN8CCC7)cc3)C=C21. The molecule has 0 amide bonds. The molecule has 1 saturated carbocycles. The summed E-state index contributed by atoms with van der Waals surface area (Å²) in [5, 5.41) is 0. The van der Waals surface area contributed by atoms with Crippen molar-refractivity contribution in [3.05, 3.63) is 207 Å². The Balaban J connectivity index is 0.911. The fraction of sp³-hybridized carbons (Fsp3) is 0.435. The molecule has 17 rings (SSSR count). The average Bonchev–Trinajstić information content (AvgIpc) is 0.678. The number of hydrogen-bond acceptors (Lipinski definition) is 3. The van der Waals surface area contributed by atoms with Crippen molar-refractivity contribution in [1.82, 2.24) is 0 Å². The first-order valence-corrected chi connectivity index (χ1v) is 37.4. The van der Waals surface area contributed by atoms with E-state index in [1.807, 2.05) is 0 Å². The molecule has 3 nitrogen and oxygen atoms in total. The zero-order chi connectivity index (χ0) is 66.8. The second kappa shape index (κ2) is 21.1. The average molecular weight is 1260 g/mol. The van der Waals surface area contributed by atoms with Crippen molar-refractivity contribution in [2.45, 2.75) is 227 Å². The lowest BCUT2D eigenvalue weighted by atomic mass is 9.32. The highest BCUT2D eigenvalue weighted by atomic mass is 15.2. The molecule has 1 atom stereocenters. The molecule has 0 saturated heterocycles. The van der Waals surface area contributed by atoms with Crippen LogP contribution in [0.2, 0.25) is 0 Å². The van der Waals surface area contributed by atoms with Crippen LogP contribution in [0.3, 0.4) is 0 Å². The van der Waals surface area contributed by atoms with Gasteiger partial charge in [0.25, 0.3) is 6.71 Å². The molecule has 9 aliphatic rings. The van der Waals surface area contributed by atoms with Gasteiger partial charge in [0.05, 0.1) is 0 Å². The van der Waals surface area contributed by atoms with Crippen molar-refractivity contribution < 1.29 is 0 Å². The molecule has 1 unspecified atom stereocenters. The van der Waals surface area contributed by atoms with E-state index in [9.17, 15) is 0 Å². The van der Waals surface area contributed by atoms with Gasteiger partial charge in [-0.1, -0.05) is 232 Å². The maximum atomic E-state index is 2.81. The fourth-order valence-corrected chi connectivity index (χ4v) is 20.5. The Morgan fingerprint density at radius 3 is 1.16 bits per heavy atom. The van der Waals surface area contributed by atoms with Crippen LogP contribution in [0.15, 0.2) is 157 Å². The van der Waals surface area contributed by atoms with Crippen LogP contribution in [-0.4, -0.2) is 19.8 Å². The second-order valence-corrected chi connectivity index (χ2v) is 36.9. The highest BCUT2D eigenvalue weighted by Gasteiger charge is 2.50. The monoisotopic (exact) mass is 1260 g/mol. The fourth-order valence-electron chi connectivity index (χ4n) is 20.5. The van der Waals surface area contributed by atoms with Gasteiger partial charge >= 0.3 is 0 Å². The Bertz CT molecular complexity index is 4640. The molecule has 0 spiro atoms. The molecule has 4 heterocycles. The van der Waals surface area contributed by atoms with E-state index in [2.05, 4.69) is 277 Å². The maximum Gasteiger partial charge on any atom is 0.252 e. The van der Waals surface area contributed by atoms with Crippen LogP contribution in [0, 0.1) is 16.7 Å². The first kappa shape index (κ1) is 62.2. The summed E-state index contributed by atoms with van der Waals surface area (Å²) >= 11 is 0. The predicted octanol–water partition coefficient (Wildman–Crippen LogP) is 22.7. The van der Waals surface area contributed by atoms with Gasteiger partial charge in [0.15, 0.2) is 0 Å². The van der Waals surface area contributed by atoms with E-state index in [4.69, 9.17) is 0 Å². The van der Waals surface area contributed by atoms with E-state index in [1.54, 1.807) is 11.1 Å². The molecular formula is C92H104BN3. The molecular weight excluding hydrogens is 1160 g/mol. The Morgan fingerprint density at radius 1 is 0.354 bits per heavy atom. The molecule has 5 aliphatic carbocycles. The molecule has 8 aromatic carbocycles. The van der Waals surface area contributed by atoms with E-state index < -0.39 is 0 Å². The van der Waals surface area contributed by atoms with Gasteiger partial charge in [0.1, 0.15) is 0 Å². The summed E-state index contributed by atoms with van der Waals surface area (Å²) in [6.07, 6.45) is 20.4. The third-order valence-electron chi connectivity index (χ3n) is 27.1. The normalized spacial score (nSPS) is 22.6. The van der Waals surface area contributed by atoms with Gasteiger partial charge < -0.3 is 14.7 Å².